The molecule has 0 aromatic carbocycles. The minimum Gasteiger partial charge on any atom is -0.329 e. The van der Waals surface area contributed by atoms with Crippen LogP contribution in [0.2, 0.25) is 0 Å². The highest BCUT2D eigenvalue weighted by Gasteiger charge is 2.27. The fourth-order valence-corrected chi connectivity index (χ4v) is 1.72. The lowest BCUT2D eigenvalue weighted by atomic mass is 10.2. The molecule has 2 N–H and O–H groups in total. The fraction of sp³-hybridized carbons (Fsp3) is 0.889. The van der Waals surface area contributed by atoms with Gasteiger partial charge in [-0.25, -0.2) is 5.01 Å². The van der Waals surface area contributed by atoms with E-state index < -0.39 is 0 Å². The van der Waals surface area contributed by atoms with Crippen molar-refractivity contribution >= 4 is 5.91 Å². The zero-order valence-corrected chi connectivity index (χ0v) is 8.49. The predicted octanol–water partition coefficient (Wildman–Crippen LogP) is 0.193. The van der Waals surface area contributed by atoms with Crippen molar-refractivity contribution in [1.29, 1.82) is 0 Å². The van der Waals surface area contributed by atoms with Crippen LogP contribution in [-0.4, -0.2) is 41.6 Å². The summed E-state index contributed by atoms with van der Waals surface area (Å²) in [7, 11) is 0. The summed E-state index contributed by atoms with van der Waals surface area (Å²) >= 11 is 0. The zero-order chi connectivity index (χ0) is 9.84. The molecule has 1 unspecified atom stereocenters. The summed E-state index contributed by atoms with van der Waals surface area (Å²) in [6.07, 6.45) is 1.64. The first kappa shape index (κ1) is 10.5. The third-order valence-electron chi connectivity index (χ3n) is 2.53. The van der Waals surface area contributed by atoms with Gasteiger partial charge < -0.3 is 5.73 Å². The SMILES string of the molecule is CCN1C(=O)CCCN1C(C)CN. The Morgan fingerprint density at radius 2 is 2.31 bits per heavy atom. The number of carbonyl (C=O) groups excluding carboxylic acids is 1. The summed E-state index contributed by atoms with van der Waals surface area (Å²) in [5, 5.41) is 3.91. The van der Waals surface area contributed by atoms with E-state index in [1.54, 1.807) is 0 Å². The number of hydrogen-bond donors (Lipinski definition) is 1. The van der Waals surface area contributed by atoms with Crippen molar-refractivity contribution in [2.24, 2.45) is 5.73 Å². The first-order chi connectivity index (χ1) is 6.20. The quantitative estimate of drug-likeness (QED) is 0.683. The lowest BCUT2D eigenvalue weighted by molar-refractivity contribution is -0.159. The van der Waals surface area contributed by atoms with Crippen LogP contribution in [0.5, 0.6) is 0 Å². The van der Waals surface area contributed by atoms with Crippen LogP contribution in [0.1, 0.15) is 26.7 Å². The number of hydrogen-bond acceptors (Lipinski definition) is 3. The lowest BCUT2D eigenvalue weighted by Crippen LogP contribution is -2.55. The molecule has 0 aliphatic carbocycles. The zero-order valence-electron chi connectivity index (χ0n) is 8.49. The standard InChI is InChI=1S/C9H19N3O/c1-3-11-9(13)5-4-6-12(11)8(2)7-10/h8H,3-7,10H2,1-2H3. The van der Waals surface area contributed by atoms with E-state index in [1.165, 1.54) is 0 Å². The third kappa shape index (κ3) is 2.19. The molecule has 1 amide bonds. The number of nitrogens with zero attached hydrogens (tertiary/aromatic N) is 2. The summed E-state index contributed by atoms with van der Waals surface area (Å²) in [6, 6.07) is 0.268. The van der Waals surface area contributed by atoms with Crippen molar-refractivity contribution in [2.75, 3.05) is 19.6 Å². The maximum atomic E-state index is 11.5. The summed E-state index contributed by atoms with van der Waals surface area (Å²) in [5.74, 6) is 0.231. The van der Waals surface area contributed by atoms with Gasteiger partial charge in [0.1, 0.15) is 0 Å². The highest BCUT2D eigenvalue weighted by atomic mass is 16.2. The van der Waals surface area contributed by atoms with Gasteiger partial charge in [0.25, 0.3) is 0 Å². The summed E-state index contributed by atoms with van der Waals surface area (Å²) in [6.45, 7) is 6.37. The highest BCUT2D eigenvalue weighted by molar-refractivity contribution is 5.76. The van der Waals surface area contributed by atoms with E-state index in [9.17, 15) is 4.79 Å². The molecule has 0 bridgehead atoms. The van der Waals surface area contributed by atoms with E-state index in [1.807, 2.05) is 11.9 Å². The van der Waals surface area contributed by atoms with Crippen LogP contribution in [0, 0.1) is 0 Å². The molecule has 1 atom stereocenters. The Labute approximate surface area is 79.6 Å². The van der Waals surface area contributed by atoms with Crippen LogP contribution in [0.3, 0.4) is 0 Å². The summed E-state index contributed by atoms with van der Waals surface area (Å²) in [5.41, 5.74) is 5.59. The van der Waals surface area contributed by atoms with Crippen molar-refractivity contribution in [3.05, 3.63) is 0 Å². The topological polar surface area (TPSA) is 49.6 Å². The number of hydrazine groups is 1. The van der Waals surface area contributed by atoms with Gasteiger partial charge in [0.15, 0.2) is 0 Å². The Balaban J connectivity index is 2.64. The van der Waals surface area contributed by atoms with Crippen LogP contribution in [0.25, 0.3) is 0 Å². The van der Waals surface area contributed by atoms with E-state index in [2.05, 4.69) is 11.9 Å². The summed E-state index contributed by atoms with van der Waals surface area (Å²) in [4.78, 5) is 11.5. The highest BCUT2D eigenvalue weighted by Crippen LogP contribution is 2.14. The molecular formula is C9H19N3O. The van der Waals surface area contributed by atoms with Crippen molar-refractivity contribution in [3.8, 4) is 0 Å². The smallest absolute Gasteiger partial charge is 0.236 e. The molecule has 1 heterocycles. The van der Waals surface area contributed by atoms with Gasteiger partial charge in [-0.3, -0.25) is 9.80 Å². The van der Waals surface area contributed by atoms with Gasteiger partial charge in [0, 0.05) is 32.1 Å². The van der Waals surface area contributed by atoms with E-state index in [0.29, 0.717) is 13.0 Å². The van der Waals surface area contributed by atoms with Gasteiger partial charge in [-0.15, -0.1) is 0 Å². The molecule has 1 rings (SSSR count). The van der Waals surface area contributed by atoms with Crippen molar-refractivity contribution in [1.82, 2.24) is 10.0 Å². The average molecular weight is 185 g/mol. The molecule has 0 aromatic rings. The molecule has 1 aliphatic rings. The Hall–Kier alpha value is -0.610. The van der Waals surface area contributed by atoms with E-state index in [-0.39, 0.29) is 11.9 Å². The monoisotopic (exact) mass is 185 g/mol. The lowest BCUT2D eigenvalue weighted by Gasteiger charge is -2.41. The van der Waals surface area contributed by atoms with Gasteiger partial charge in [-0.05, 0) is 20.3 Å². The molecule has 1 aliphatic heterocycles. The van der Waals surface area contributed by atoms with Crippen LogP contribution >= 0.6 is 0 Å². The minimum absolute atomic E-state index is 0.231. The molecule has 13 heavy (non-hydrogen) atoms. The number of carbonyl (C=O) groups is 1. The van der Waals surface area contributed by atoms with Crippen molar-refractivity contribution < 1.29 is 4.79 Å². The Bertz CT molecular complexity index is 184. The largest absolute Gasteiger partial charge is 0.329 e. The van der Waals surface area contributed by atoms with Gasteiger partial charge in [0.05, 0.1) is 0 Å². The molecular weight excluding hydrogens is 166 g/mol. The number of amides is 1. The van der Waals surface area contributed by atoms with E-state index in [0.717, 1.165) is 19.5 Å². The maximum Gasteiger partial charge on any atom is 0.236 e. The Morgan fingerprint density at radius 1 is 1.62 bits per heavy atom. The molecule has 0 radical (unpaired) electrons. The van der Waals surface area contributed by atoms with Crippen LogP contribution in [0.15, 0.2) is 0 Å². The molecule has 0 spiro atoms. The van der Waals surface area contributed by atoms with Gasteiger partial charge in [0.2, 0.25) is 5.91 Å². The number of nitrogens with two attached hydrogens (primary N) is 1. The van der Waals surface area contributed by atoms with Crippen molar-refractivity contribution in [2.45, 2.75) is 32.7 Å². The van der Waals surface area contributed by atoms with Gasteiger partial charge >= 0.3 is 0 Å². The summed E-state index contributed by atoms with van der Waals surface area (Å²) < 4.78 is 0. The molecule has 0 aromatic heterocycles. The van der Waals surface area contributed by atoms with Crippen LogP contribution < -0.4 is 5.73 Å². The minimum atomic E-state index is 0.231. The first-order valence-corrected chi connectivity index (χ1v) is 4.97. The van der Waals surface area contributed by atoms with Gasteiger partial charge in [-0.1, -0.05) is 0 Å². The molecule has 1 fully saturated rings. The second-order valence-electron chi connectivity index (χ2n) is 3.46. The molecule has 4 nitrogen and oxygen atoms in total. The molecule has 4 heteroatoms. The molecule has 0 saturated carbocycles. The van der Waals surface area contributed by atoms with E-state index >= 15 is 0 Å². The molecule has 76 valence electrons. The predicted molar refractivity (Wildman–Crippen MR) is 51.8 cm³/mol. The second-order valence-corrected chi connectivity index (χ2v) is 3.46. The normalized spacial score (nSPS) is 22.1. The Morgan fingerprint density at radius 3 is 2.85 bits per heavy atom. The number of rotatable bonds is 3. The Kier molecular flexibility index (Phi) is 3.69. The fourth-order valence-electron chi connectivity index (χ4n) is 1.72. The van der Waals surface area contributed by atoms with Gasteiger partial charge in [-0.2, -0.15) is 0 Å². The second kappa shape index (κ2) is 4.58. The van der Waals surface area contributed by atoms with Crippen LogP contribution in [-0.2, 0) is 4.79 Å². The average Bonchev–Trinajstić information content (AvgIpc) is 2.16. The molecule has 1 saturated heterocycles. The van der Waals surface area contributed by atoms with Crippen LogP contribution in [0.4, 0.5) is 0 Å². The third-order valence-corrected chi connectivity index (χ3v) is 2.53. The maximum absolute atomic E-state index is 11.5. The van der Waals surface area contributed by atoms with Crippen molar-refractivity contribution in [3.63, 3.8) is 0 Å². The first-order valence-electron chi connectivity index (χ1n) is 4.97. The van der Waals surface area contributed by atoms with E-state index in [4.69, 9.17) is 5.73 Å².